The molecule has 1 aliphatic rings. The van der Waals surface area contributed by atoms with Gasteiger partial charge in [-0.05, 0) is 20.0 Å². The molecule has 1 saturated heterocycles. The van der Waals surface area contributed by atoms with E-state index < -0.39 is 0 Å². The second-order valence-corrected chi connectivity index (χ2v) is 5.15. The number of aromatic amines is 1. The van der Waals surface area contributed by atoms with Crippen molar-refractivity contribution in [2.24, 2.45) is 0 Å². The van der Waals surface area contributed by atoms with Crippen molar-refractivity contribution in [1.82, 2.24) is 19.8 Å². The smallest absolute Gasteiger partial charge is 0.289 e. The summed E-state index contributed by atoms with van der Waals surface area (Å²) in [7, 11) is 2.05. The highest BCUT2D eigenvalue weighted by molar-refractivity contribution is 5.92. The molecule has 1 amide bonds. The maximum Gasteiger partial charge on any atom is 0.289 e. The van der Waals surface area contributed by atoms with E-state index in [2.05, 4.69) is 14.9 Å². The lowest BCUT2D eigenvalue weighted by atomic mass is 10.1. The highest BCUT2D eigenvalue weighted by Gasteiger charge is 2.31. The van der Waals surface area contributed by atoms with Crippen LogP contribution in [0.1, 0.15) is 28.0 Å². The number of carbonyl (C=O) groups is 1. The molecule has 2 aromatic rings. The van der Waals surface area contributed by atoms with Crippen LogP contribution in [0.25, 0.3) is 0 Å². The fourth-order valence-electron chi connectivity index (χ4n) is 2.55. The molecule has 0 radical (unpaired) electrons. The Kier molecular flexibility index (Phi) is 3.31. The van der Waals surface area contributed by atoms with Gasteiger partial charge in [0.05, 0.1) is 12.3 Å². The minimum atomic E-state index is -0.0443. The van der Waals surface area contributed by atoms with E-state index in [9.17, 15) is 4.79 Å². The van der Waals surface area contributed by atoms with Crippen LogP contribution in [-0.2, 0) is 0 Å². The summed E-state index contributed by atoms with van der Waals surface area (Å²) in [4.78, 5) is 24.0. The Hall–Kier alpha value is -2.08. The van der Waals surface area contributed by atoms with Crippen molar-refractivity contribution in [1.29, 1.82) is 0 Å². The Labute approximate surface area is 117 Å². The summed E-state index contributed by atoms with van der Waals surface area (Å²) in [6.45, 7) is 4.02. The molecule has 0 bridgehead atoms. The molecule has 3 heterocycles. The van der Waals surface area contributed by atoms with Gasteiger partial charge in [0.2, 0.25) is 0 Å². The Balaban J connectivity index is 1.79. The number of hydrogen-bond donors (Lipinski definition) is 1. The lowest BCUT2D eigenvalue weighted by Crippen LogP contribution is -2.49. The molecule has 20 heavy (non-hydrogen) atoms. The van der Waals surface area contributed by atoms with Gasteiger partial charge in [-0.2, -0.15) is 0 Å². The molecular formula is C14H18N4O2. The number of carbonyl (C=O) groups excluding carboxylic acids is 1. The fraction of sp³-hybridized carbons (Fsp3) is 0.429. The number of amides is 1. The van der Waals surface area contributed by atoms with E-state index in [-0.39, 0.29) is 11.9 Å². The lowest BCUT2D eigenvalue weighted by Gasteiger charge is -2.38. The maximum atomic E-state index is 12.5. The van der Waals surface area contributed by atoms with Crippen LogP contribution in [0.4, 0.5) is 0 Å². The van der Waals surface area contributed by atoms with E-state index in [1.807, 2.05) is 24.9 Å². The molecule has 6 nitrogen and oxygen atoms in total. The molecule has 106 valence electrons. The van der Waals surface area contributed by atoms with E-state index >= 15 is 0 Å². The summed E-state index contributed by atoms with van der Waals surface area (Å²) in [5, 5.41) is 0. The summed E-state index contributed by atoms with van der Waals surface area (Å²) in [5.74, 6) is 1.28. The van der Waals surface area contributed by atoms with Crippen molar-refractivity contribution < 1.29 is 9.21 Å². The van der Waals surface area contributed by atoms with Crippen LogP contribution in [0.15, 0.2) is 29.1 Å². The number of H-pyrrole nitrogens is 1. The second-order valence-electron chi connectivity index (χ2n) is 5.15. The van der Waals surface area contributed by atoms with Gasteiger partial charge >= 0.3 is 0 Å². The predicted molar refractivity (Wildman–Crippen MR) is 73.3 cm³/mol. The molecule has 0 spiro atoms. The predicted octanol–water partition coefficient (Wildman–Crippen LogP) is 1.44. The van der Waals surface area contributed by atoms with Gasteiger partial charge in [-0.25, -0.2) is 4.98 Å². The highest BCUT2D eigenvalue weighted by atomic mass is 16.3. The largest absolute Gasteiger partial charge is 0.459 e. The summed E-state index contributed by atoms with van der Waals surface area (Å²) >= 11 is 0. The summed E-state index contributed by atoms with van der Waals surface area (Å²) in [5.41, 5.74) is 0.878. The molecule has 1 N–H and O–H groups in total. The number of nitrogens with zero attached hydrogens (tertiary/aromatic N) is 3. The SMILES string of the molecule is Cc1ccoc1C(=O)N1CCN(C)[C@@H](c2ncc[nH]2)C1. The molecule has 3 rings (SSSR count). The van der Waals surface area contributed by atoms with Crippen LogP contribution in [0.5, 0.6) is 0 Å². The second kappa shape index (κ2) is 5.13. The average Bonchev–Trinajstić information content (AvgIpc) is 3.09. The van der Waals surface area contributed by atoms with Crippen molar-refractivity contribution in [3.63, 3.8) is 0 Å². The number of imidazole rings is 1. The molecule has 0 aromatic carbocycles. The van der Waals surface area contributed by atoms with Crippen LogP contribution < -0.4 is 0 Å². The summed E-state index contributed by atoms with van der Waals surface area (Å²) in [6, 6.07) is 1.91. The van der Waals surface area contributed by atoms with Gasteiger partial charge in [-0.15, -0.1) is 0 Å². The Bertz CT molecular complexity index is 590. The van der Waals surface area contributed by atoms with Crippen LogP contribution in [0, 0.1) is 6.92 Å². The number of piperazine rings is 1. The quantitative estimate of drug-likeness (QED) is 0.900. The first-order chi connectivity index (χ1) is 9.66. The zero-order valence-corrected chi connectivity index (χ0v) is 11.7. The van der Waals surface area contributed by atoms with Crippen molar-refractivity contribution in [2.75, 3.05) is 26.7 Å². The number of likely N-dealkylation sites (N-methyl/N-ethyl adjacent to an activating group) is 1. The van der Waals surface area contributed by atoms with Crippen molar-refractivity contribution in [3.05, 3.63) is 41.9 Å². The van der Waals surface area contributed by atoms with Crippen LogP contribution in [-0.4, -0.2) is 52.4 Å². The Morgan fingerprint density at radius 3 is 3.00 bits per heavy atom. The number of nitrogens with one attached hydrogen (secondary N) is 1. The fourth-order valence-corrected chi connectivity index (χ4v) is 2.55. The van der Waals surface area contributed by atoms with Gasteiger partial charge in [0.15, 0.2) is 5.76 Å². The van der Waals surface area contributed by atoms with E-state index in [0.717, 1.165) is 17.9 Å². The first-order valence-corrected chi connectivity index (χ1v) is 6.69. The first-order valence-electron chi connectivity index (χ1n) is 6.69. The number of furan rings is 1. The molecule has 0 aliphatic carbocycles. The minimum absolute atomic E-state index is 0.0443. The number of aromatic nitrogens is 2. The summed E-state index contributed by atoms with van der Waals surface area (Å²) in [6.07, 6.45) is 5.10. The first kappa shape index (κ1) is 12.9. The molecule has 0 unspecified atom stereocenters. The van der Waals surface area contributed by atoms with E-state index in [1.165, 1.54) is 0 Å². The molecule has 1 aliphatic heterocycles. The van der Waals surface area contributed by atoms with Crippen molar-refractivity contribution in [2.45, 2.75) is 13.0 Å². The zero-order chi connectivity index (χ0) is 14.1. The maximum absolute atomic E-state index is 12.5. The van der Waals surface area contributed by atoms with Crippen molar-refractivity contribution >= 4 is 5.91 Å². The Morgan fingerprint density at radius 2 is 2.35 bits per heavy atom. The molecule has 6 heteroatoms. The third-order valence-electron chi connectivity index (χ3n) is 3.83. The molecule has 0 saturated carbocycles. The normalized spacial score (nSPS) is 20.3. The zero-order valence-electron chi connectivity index (χ0n) is 11.7. The van der Waals surface area contributed by atoms with Gasteiger partial charge in [-0.3, -0.25) is 9.69 Å². The summed E-state index contributed by atoms with van der Waals surface area (Å²) < 4.78 is 5.30. The highest BCUT2D eigenvalue weighted by Crippen LogP contribution is 2.23. The minimum Gasteiger partial charge on any atom is -0.459 e. The van der Waals surface area contributed by atoms with Crippen LogP contribution >= 0.6 is 0 Å². The molecule has 1 atom stereocenters. The van der Waals surface area contributed by atoms with Gasteiger partial charge in [-0.1, -0.05) is 0 Å². The third-order valence-corrected chi connectivity index (χ3v) is 3.83. The standard InChI is InChI=1S/C14H18N4O2/c1-10-3-8-20-12(10)14(19)18-7-6-17(2)11(9-18)13-15-4-5-16-13/h3-5,8,11H,6-7,9H2,1-2H3,(H,15,16)/t11-/m1/s1. The van der Waals surface area contributed by atoms with Gasteiger partial charge in [0, 0.05) is 37.6 Å². The number of aryl methyl sites for hydroxylation is 1. The Morgan fingerprint density at radius 1 is 1.50 bits per heavy atom. The molecular weight excluding hydrogens is 256 g/mol. The monoisotopic (exact) mass is 274 g/mol. The lowest BCUT2D eigenvalue weighted by molar-refractivity contribution is 0.0505. The van der Waals surface area contributed by atoms with E-state index in [4.69, 9.17) is 4.42 Å². The topological polar surface area (TPSA) is 65.4 Å². The van der Waals surface area contributed by atoms with Gasteiger partial charge < -0.3 is 14.3 Å². The van der Waals surface area contributed by atoms with Gasteiger partial charge in [0.25, 0.3) is 5.91 Å². The van der Waals surface area contributed by atoms with Gasteiger partial charge in [0.1, 0.15) is 5.82 Å². The van der Waals surface area contributed by atoms with Crippen molar-refractivity contribution in [3.8, 4) is 0 Å². The molecule has 2 aromatic heterocycles. The number of hydrogen-bond acceptors (Lipinski definition) is 4. The molecule has 1 fully saturated rings. The van der Waals surface area contributed by atoms with E-state index in [1.54, 1.807) is 18.7 Å². The number of rotatable bonds is 2. The third kappa shape index (κ3) is 2.22. The van der Waals surface area contributed by atoms with E-state index in [0.29, 0.717) is 18.8 Å². The average molecular weight is 274 g/mol. The van der Waals surface area contributed by atoms with Crippen LogP contribution in [0.2, 0.25) is 0 Å². The van der Waals surface area contributed by atoms with Crippen LogP contribution in [0.3, 0.4) is 0 Å².